The molecule has 0 amide bonds. The summed E-state index contributed by atoms with van der Waals surface area (Å²) in [5.74, 6) is -1.16. The summed E-state index contributed by atoms with van der Waals surface area (Å²) < 4.78 is 20.2. The van der Waals surface area contributed by atoms with E-state index >= 15 is 0 Å². The first-order chi connectivity index (χ1) is 10.5. The highest BCUT2D eigenvalue weighted by molar-refractivity contribution is 14.1. The van der Waals surface area contributed by atoms with Crippen molar-refractivity contribution in [3.05, 3.63) is 49.8 Å². The molecule has 2 N–H and O–H groups in total. The van der Waals surface area contributed by atoms with Gasteiger partial charge in [-0.25, -0.2) is 9.18 Å². The van der Waals surface area contributed by atoms with Gasteiger partial charge >= 0.3 is 5.97 Å². The number of benzene rings is 2. The lowest BCUT2D eigenvalue weighted by Crippen LogP contribution is -2.06. The zero-order valence-corrected chi connectivity index (χ0v) is 14.0. The summed E-state index contributed by atoms with van der Waals surface area (Å²) in [6, 6.07) is 6.11. The number of rotatable bonds is 3. The second-order valence-corrected chi connectivity index (χ2v) is 6.38. The van der Waals surface area contributed by atoms with E-state index in [-0.39, 0.29) is 22.0 Å². The largest absolute Gasteiger partial charge is 0.491 e. The topological polar surface area (TPSA) is 58.6 Å². The highest BCUT2D eigenvalue weighted by Gasteiger charge is 2.25. The van der Waals surface area contributed by atoms with Crippen LogP contribution in [-0.4, -0.2) is 17.7 Å². The Balaban J connectivity index is 2.11. The normalized spacial score (nSPS) is 12.7. The molecule has 0 radical (unpaired) electrons. The van der Waals surface area contributed by atoms with E-state index in [9.17, 15) is 14.3 Å². The Hall–Kier alpha value is -1.54. The minimum absolute atomic E-state index is 0.00722. The van der Waals surface area contributed by atoms with Gasteiger partial charge in [-0.3, -0.25) is 0 Å². The summed E-state index contributed by atoms with van der Waals surface area (Å²) in [5, 5.41) is 12.3. The van der Waals surface area contributed by atoms with Crippen molar-refractivity contribution in [1.29, 1.82) is 0 Å². The number of halogens is 3. The van der Waals surface area contributed by atoms with Gasteiger partial charge in [-0.2, -0.15) is 0 Å². The first-order valence-electron chi connectivity index (χ1n) is 6.41. The number of anilines is 2. The van der Waals surface area contributed by atoms with E-state index in [4.69, 9.17) is 16.3 Å². The fourth-order valence-corrected chi connectivity index (χ4v) is 3.08. The van der Waals surface area contributed by atoms with E-state index in [0.717, 1.165) is 9.13 Å². The number of carbonyl (C=O) groups is 1. The predicted octanol–water partition coefficient (Wildman–Crippen LogP) is 4.46. The molecule has 7 heteroatoms. The van der Waals surface area contributed by atoms with Crippen LogP contribution >= 0.6 is 34.2 Å². The first kappa shape index (κ1) is 15.4. The van der Waals surface area contributed by atoms with Gasteiger partial charge in [-0.1, -0.05) is 11.6 Å². The van der Waals surface area contributed by atoms with Crippen molar-refractivity contribution < 1.29 is 19.0 Å². The second kappa shape index (κ2) is 5.92. The molecule has 0 aromatic heterocycles. The number of aromatic carboxylic acids is 1. The average molecular weight is 434 g/mol. The maximum atomic E-state index is 14.0. The molecule has 0 unspecified atom stereocenters. The van der Waals surface area contributed by atoms with E-state index < -0.39 is 11.8 Å². The van der Waals surface area contributed by atoms with Crippen LogP contribution in [0.2, 0.25) is 5.02 Å². The smallest absolute Gasteiger partial charge is 0.337 e. The minimum Gasteiger partial charge on any atom is -0.491 e. The molecule has 0 bridgehead atoms. The molecule has 0 atom stereocenters. The lowest BCUT2D eigenvalue weighted by molar-refractivity contribution is 0.0698. The van der Waals surface area contributed by atoms with Crippen LogP contribution < -0.4 is 10.1 Å². The van der Waals surface area contributed by atoms with Gasteiger partial charge in [0, 0.05) is 15.6 Å². The Kier molecular flexibility index (Phi) is 4.14. The summed E-state index contributed by atoms with van der Waals surface area (Å²) in [7, 11) is 0. The Labute approximate surface area is 144 Å². The van der Waals surface area contributed by atoms with Gasteiger partial charge in [0.15, 0.2) is 0 Å². The Bertz CT molecular complexity index is 782. The van der Waals surface area contributed by atoms with E-state index in [1.165, 1.54) is 18.2 Å². The molecular formula is C15H10ClFINO3. The third-order valence-electron chi connectivity index (χ3n) is 3.34. The lowest BCUT2D eigenvalue weighted by atomic mass is 10.1. The van der Waals surface area contributed by atoms with Crippen molar-refractivity contribution in [2.75, 3.05) is 11.9 Å². The van der Waals surface area contributed by atoms with E-state index in [0.29, 0.717) is 18.8 Å². The van der Waals surface area contributed by atoms with E-state index in [1.807, 2.05) is 22.6 Å². The molecule has 0 spiro atoms. The molecule has 0 fully saturated rings. The molecule has 4 nitrogen and oxygen atoms in total. The number of fused-ring (bicyclic) bond motifs is 1. The van der Waals surface area contributed by atoms with Crippen molar-refractivity contribution in [2.24, 2.45) is 0 Å². The summed E-state index contributed by atoms with van der Waals surface area (Å²) in [5.41, 5.74) is 1.03. The second-order valence-electron chi connectivity index (χ2n) is 4.75. The third kappa shape index (κ3) is 2.72. The molecule has 2 aromatic rings. The number of hydrogen-bond acceptors (Lipinski definition) is 3. The molecule has 1 aliphatic heterocycles. The Morgan fingerprint density at radius 1 is 1.41 bits per heavy atom. The van der Waals surface area contributed by atoms with Crippen molar-refractivity contribution in [2.45, 2.75) is 6.42 Å². The van der Waals surface area contributed by atoms with Crippen molar-refractivity contribution >= 4 is 51.5 Å². The number of hydrogen-bond donors (Lipinski definition) is 2. The summed E-state index contributed by atoms with van der Waals surface area (Å²) >= 11 is 8.26. The van der Waals surface area contributed by atoms with Crippen LogP contribution in [0.15, 0.2) is 24.3 Å². The van der Waals surface area contributed by atoms with Crippen molar-refractivity contribution in [3.63, 3.8) is 0 Å². The zero-order chi connectivity index (χ0) is 15.9. The van der Waals surface area contributed by atoms with Gasteiger partial charge in [0.25, 0.3) is 0 Å². The molecule has 0 saturated heterocycles. The standard InChI is InChI=1S/C15H10ClFINO3/c16-12-13(19-11-2-1-8(18)6-10(11)17)9(15(20)21)5-7-3-4-22-14(7)12/h1-2,5-6,19H,3-4H2,(H,20,21). The predicted molar refractivity (Wildman–Crippen MR) is 90.0 cm³/mol. The SMILES string of the molecule is O=C(O)c1cc2c(c(Cl)c1Nc1ccc(I)cc1F)OCC2. The fourth-order valence-electron chi connectivity index (χ4n) is 2.31. The number of carboxylic acids is 1. The third-order valence-corrected chi connectivity index (χ3v) is 4.37. The molecule has 0 aliphatic carbocycles. The molecular weight excluding hydrogens is 424 g/mol. The Morgan fingerprint density at radius 3 is 2.86 bits per heavy atom. The molecule has 1 aliphatic rings. The van der Waals surface area contributed by atoms with Crippen molar-refractivity contribution in [3.8, 4) is 5.75 Å². The van der Waals surface area contributed by atoms with Crippen LogP contribution in [0.4, 0.5) is 15.8 Å². The summed E-state index contributed by atoms with van der Waals surface area (Å²) in [4.78, 5) is 11.5. The molecule has 1 heterocycles. The van der Waals surface area contributed by atoms with Crippen LogP contribution in [0.5, 0.6) is 5.75 Å². The van der Waals surface area contributed by atoms with Gasteiger partial charge in [0.1, 0.15) is 16.6 Å². The molecule has 0 saturated carbocycles. The van der Waals surface area contributed by atoms with Crippen LogP contribution in [-0.2, 0) is 6.42 Å². The Morgan fingerprint density at radius 2 is 2.18 bits per heavy atom. The molecule has 22 heavy (non-hydrogen) atoms. The van der Waals surface area contributed by atoms with Gasteiger partial charge in [0.05, 0.1) is 23.5 Å². The molecule has 3 rings (SSSR count). The average Bonchev–Trinajstić information content (AvgIpc) is 2.92. The molecule has 2 aromatic carbocycles. The van der Waals surface area contributed by atoms with Gasteiger partial charge in [-0.15, -0.1) is 0 Å². The van der Waals surface area contributed by atoms with Crippen LogP contribution in [0, 0.1) is 9.39 Å². The fraction of sp³-hybridized carbons (Fsp3) is 0.133. The quantitative estimate of drug-likeness (QED) is 0.702. The number of ether oxygens (including phenoxy) is 1. The zero-order valence-electron chi connectivity index (χ0n) is 11.1. The van der Waals surface area contributed by atoms with Gasteiger partial charge in [-0.05, 0) is 46.9 Å². The molecule has 114 valence electrons. The maximum Gasteiger partial charge on any atom is 0.337 e. The monoisotopic (exact) mass is 433 g/mol. The van der Waals surface area contributed by atoms with Crippen LogP contribution in [0.1, 0.15) is 15.9 Å². The highest BCUT2D eigenvalue weighted by atomic mass is 127. The minimum atomic E-state index is -1.13. The first-order valence-corrected chi connectivity index (χ1v) is 7.86. The van der Waals surface area contributed by atoms with Gasteiger partial charge in [0.2, 0.25) is 0 Å². The summed E-state index contributed by atoms with van der Waals surface area (Å²) in [6.45, 7) is 0.454. The maximum absolute atomic E-state index is 14.0. The van der Waals surface area contributed by atoms with Gasteiger partial charge < -0.3 is 15.2 Å². The van der Waals surface area contributed by atoms with Crippen LogP contribution in [0.3, 0.4) is 0 Å². The lowest BCUT2D eigenvalue weighted by Gasteiger charge is -2.15. The summed E-state index contributed by atoms with van der Waals surface area (Å²) in [6.07, 6.45) is 0.605. The van der Waals surface area contributed by atoms with E-state index in [1.54, 1.807) is 6.07 Å². The van der Waals surface area contributed by atoms with E-state index in [2.05, 4.69) is 5.32 Å². The highest BCUT2D eigenvalue weighted by Crippen LogP contribution is 2.42. The van der Waals surface area contributed by atoms with Crippen molar-refractivity contribution in [1.82, 2.24) is 0 Å². The number of carboxylic acid groups (broad SMARTS) is 1. The van der Waals surface area contributed by atoms with Crippen LogP contribution in [0.25, 0.3) is 0 Å². The number of nitrogens with one attached hydrogen (secondary N) is 1.